The second kappa shape index (κ2) is 4.58. The second-order valence-electron chi connectivity index (χ2n) is 4.87. The highest BCUT2D eigenvalue weighted by Crippen LogP contribution is 2.41. The van der Waals surface area contributed by atoms with Crippen LogP contribution in [-0.2, 0) is 0 Å². The van der Waals surface area contributed by atoms with Gasteiger partial charge in [0.15, 0.2) is 11.5 Å². The molecule has 1 aromatic carbocycles. The highest BCUT2D eigenvalue weighted by Gasteiger charge is 2.26. The Balaban J connectivity index is 1.88. The van der Waals surface area contributed by atoms with Crippen molar-refractivity contribution in [2.75, 3.05) is 32.2 Å². The van der Waals surface area contributed by atoms with Crippen LogP contribution >= 0.6 is 0 Å². The van der Waals surface area contributed by atoms with Crippen molar-refractivity contribution in [1.82, 2.24) is 4.90 Å². The predicted molar refractivity (Wildman–Crippen MR) is 68.7 cm³/mol. The van der Waals surface area contributed by atoms with Crippen molar-refractivity contribution in [1.29, 1.82) is 0 Å². The monoisotopic (exact) mass is 265 g/mol. The van der Waals surface area contributed by atoms with Gasteiger partial charge in [-0.3, -0.25) is 10.1 Å². The molecule has 0 radical (unpaired) electrons. The third-order valence-electron chi connectivity index (χ3n) is 3.44. The van der Waals surface area contributed by atoms with Gasteiger partial charge in [-0.2, -0.15) is 0 Å². The molecule has 19 heavy (non-hydrogen) atoms. The molecular weight excluding hydrogens is 250 g/mol. The van der Waals surface area contributed by atoms with E-state index in [4.69, 9.17) is 9.47 Å². The molecule has 1 aromatic rings. The van der Waals surface area contributed by atoms with E-state index in [0.717, 1.165) is 19.5 Å². The molecule has 0 aromatic heterocycles. The number of ether oxygens (including phenoxy) is 2. The summed E-state index contributed by atoms with van der Waals surface area (Å²) >= 11 is 0. The third-order valence-corrected chi connectivity index (χ3v) is 3.44. The summed E-state index contributed by atoms with van der Waals surface area (Å²) in [5.41, 5.74) is 0.522. The molecule has 3 rings (SSSR count). The average Bonchev–Trinajstić information content (AvgIpc) is 2.96. The smallest absolute Gasteiger partial charge is 0.296 e. The Kier molecular flexibility index (Phi) is 2.90. The first-order valence-corrected chi connectivity index (χ1v) is 6.16. The molecule has 0 spiro atoms. The third kappa shape index (κ3) is 2.28. The van der Waals surface area contributed by atoms with Crippen LogP contribution < -0.4 is 14.8 Å². The van der Waals surface area contributed by atoms with E-state index in [9.17, 15) is 10.1 Å². The van der Waals surface area contributed by atoms with Gasteiger partial charge in [-0.25, -0.2) is 0 Å². The highest BCUT2D eigenvalue weighted by molar-refractivity contribution is 5.69. The number of hydrogen-bond donors (Lipinski definition) is 1. The van der Waals surface area contributed by atoms with Crippen LogP contribution in [0.4, 0.5) is 11.4 Å². The van der Waals surface area contributed by atoms with Crippen LogP contribution in [0.1, 0.15) is 6.42 Å². The molecule has 102 valence electrons. The van der Waals surface area contributed by atoms with E-state index < -0.39 is 4.92 Å². The number of nitrogens with one attached hydrogen (secondary N) is 1. The zero-order valence-electron chi connectivity index (χ0n) is 10.6. The van der Waals surface area contributed by atoms with Gasteiger partial charge in [0.1, 0.15) is 5.69 Å². The summed E-state index contributed by atoms with van der Waals surface area (Å²) in [6.07, 6.45) is 0.974. The molecule has 1 atom stereocenters. The van der Waals surface area contributed by atoms with Crippen molar-refractivity contribution in [2.45, 2.75) is 12.5 Å². The summed E-state index contributed by atoms with van der Waals surface area (Å²) < 4.78 is 10.4. The SMILES string of the molecule is CN1CCC(Nc2cc3c(cc2[N+](=O)[O-])OCO3)C1. The van der Waals surface area contributed by atoms with E-state index in [-0.39, 0.29) is 18.5 Å². The van der Waals surface area contributed by atoms with Gasteiger partial charge in [0, 0.05) is 18.7 Å². The molecule has 2 aliphatic heterocycles. The van der Waals surface area contributed by atoms with E-state index in [0.29, 0.717) is 17.2 Å². The van der Waals surface area contributed by atoms with Crippen LogP contribution in [0, 0.1) is 10.1 Å². The van der Waals surface area contributed by atoms with Gasteiger partial charge in [-0.05, 0) is 20.0 Å². The molecule has 1 fully saturated rings. The number of likely N-dealkylation sites (tertiary alicyclic amines) is 1. The van der Waals surface area contributed by atoms with Crippen molar-refractivity contribution in [3.8, 4) is 11.5 Å². The zero-order chi connectivity index (χ0) is 13.4. The van der Waals surface area contributed by atoms with Gasteiger partial charge >= 0.3 is 0 Å². The lowest BCUT2D eigenvalue weighted by Crippen LogP contribution is -2.23. The second-order valence-corrected chi connectivity index (χ2v) is 4.87. The number of benzene rings is 1. The van der Waals surface area contributed by atoms with Crippen molar-refractivity contribution in [3.63, 3.8) is 0 Å². The minimum Gasteiger partial charge on any atom is -0.454 e. The Morgan fingerprint density at radius 2 is 2.16 bits per heavy atom. The molecular formula is C12H15N3O4. The Bertz CT molecular complexity index is 520. The molecule has 7 nitrogen and oxygen atoms in total. The number of fused-ring (bicyclic) bond motifs is 1. The van der Waals surface area contributed by atoms with Gasteiger partial charge in [0.05, 0.1) is 11.0 Å². The number of hydrogen-bond acceptors (Lipinski definition) is 6. The van der Waals surface area contributed by atoms with Crippen LogP contribution in [0.2, 0.25) is 0 Å². The fourth-order valence-corrected chi connectivity index (χ4v) is 2.47. The van der Waals surface area contributed by atoms with E-state index in [1.807, 2.05) is 7.05 Å². The highest BCUT2D eigenvalue weighted by atomic mass is 16.7. The first-order chi connectivity index (χ1) is 9.13. The summed E-state index contributed by atoms with van der Waals surface area (Å²) in [5.74, 6) is 0.986. The standard InChI is InChI=1S/C12H15N3O4/c1-14-3-2-8(6-14)13-9-4-11-12(19-7-18-11)5-10(9)15(16)17/h4-5,8,13H,2-3,6-7H2,1H3. The molecule has 0 saturated carbocycles. The summed E-state index contributed by atoms with van der Waals surface area (Å²) in [7, 11) is 2.04. The van der Waals surface area contributed by atoms with Crippen molar-refractivity contribution in [2.24, 2.45) is 0 Å². The van der Waals surface area contributed by atoms with Gasteiger partial charge in [0.25, 0.3) is 5.69 Å². The quantitative estimate of drug-likeness (QED) is 0.658. The Morgan fingerprint density at radius 1 is 1.42 bits per heavy atom. The molecule has 0 bridgehead atoms. The molecule has 1 N–H and O–H groups in total. The largest absolute Gasteiger partial charge is 0.454 e. The maximum Gasteiger partial charge on any atom is 0.296 e. The Morgan fingerprint density at radius 3 is 2.79 bits per heavy atom. The Labute approximate surface area is 110 Å². The van der Waals surface area contributed by atoms with Crippen LogP contribution in [0.25, 0.3) is 0 Å². The number of rotatable bonds is 3. The van der Waals surface area contributed by atoms with E-state index in [2.05, 4.69) is 10.2 Å². The maximum absolute atomic E-state index is 11.1. The molecule has 1 unspecified atom stereocenters. The summed E-state index contributed by atoms with van der Waals surface area (Å²) in [6, 6.07) is 3.30. The number of anilines is 1. The molecule has 7 heteroatoms. The normalized spacial score (nSPS) is 21.6. The van der Waals surface area contributed by atoms with E-state index in [1.165, 1.54) is 6.07 Å². The van der Waals surface area contributed by atoms with Gasteiger partial charge < -0.3 is 19.7 Å². The Hall–Kier alpha value is -2.02. The van der Waals surface area contributed by atoms with E-state index >= 15 is 0 Å². The molecule has 1 saturated heterocycles. The molecule has 2 aliphatic rings. The zero-order valence-corrected chi connectivity index (χ0v) is 10.6. The fourth-order valence-electron chi connectivity index (χ4n) is 2.47. The van der Waals surface area contributed by atoms with Gasteiger partial charge in [0.2, 0.25) is 6.79 Å². The molecule has 2 heterocycles. The maximum atomic E-state index is 11.1. The van der Waals surface area contributed by atoms with Crippen LogP contribution in [-0.4, -0.2) is 42.8 Å². The minimum absolute atomic E-state index is 0.0267. The van der Waals surface area contributed by atoms with Crippen molar-refractivity contribution in [3.05, 3.63) is 22.2 Å². The van der Waals surface area contributed by atoms with Crippen LogP contribution in [0.3, 0.4) is 0 Å². The number of nitrogens with zero attached hydrogens (tertiary/aromatic N) is 2. The number of likely N-dealkylation sites (N-methyl/N-ethyl adjacent to an activating group) is 1. The van der Waals surface area contributed by atoms with Crippen molar-refractivity contribution < 1.29 is 14.4 Å². The molecule has 0 aliphatic carbocycles. The fraction of sp³-hybridized carbons (Fsp3) is 0.500. The first-order valence-electron chi connectivity index (χ1n) is 6.16. The van der Waals surface area contributed by atoms with Crippen LogP contribution in [0.5, 0.6) is 11.5 Å². The average molecular weight is 265 g/mol. The van der Waals surface area contributed by atoms with E-state index in [1.54, 1.807) is 6.07 Å². The topological polar surface area (TPSA) is 76.9 Å². The minimum atomic E-state index is -0.400. The summed E-state index contributed by atoms with van der Waals surface area (Å²) in [4.78, 5) is 12.9. The van der Waals surface area contributed by atoms with Gasteiger partial charge in [-0.1, -0.05) is 0 Å². The summed E-state index contributed by atoms with van der Waals surface area (Å²) in [5, 5.41) is 14.4. The first kappa shape index (κ1) is 12.0. The van der Waals surface area contributed by atoms with Crippen molar-refractivity contribution >= 4 is 11.4 Å². The van der Waals surface area contributed by atoms with Crippen LogP contribution in [0.15, 0.2) is 12.1 Å². The van der Waals surface area contributed by atoms with Gasteiger partial charge in [-0.15, -0.1) is 0 Å². The lowest BCUT2D eigenvalue weighted by Gasteiger charge is -2.14. The molecule has 0 amide bonds. The number of nitro groups is 1. The predicted octanol–water partition coefficient (Wildman–Crippen LogP) is 1.44. The lowest BCUT2D eigenvalue weighted by molar-refractivity contribution is -0.384. The lowest BCUT2D eigenvalue weighted by atomic mass is 10.2. The summed E-state index contributed by atoms with van der Waals surface area (Å²) in [6.45, 7) is 1.99. The number of nitro benzene ring substituents is 1.